The van der Waals surface area contributed by atoms with Gasteiger partial charge >= 0.3 is 0 Å². The zero-order valence-corrected chi connectivity index (χ0v) is 16.5. The molecule has 1 amide bonds. The number of anilines is 1. The molecule has 27 heavy (non-hydrogen) atoms. The topological polar surface area (TPSA) is 84.5 Å². The van der Waals surface area contributed by atoms with Gasteiger partial charge < -0.3 is 10.1 Å². The number of sulfonamides is 1. The van der Waals surface area contributed by atoms with E-state index in [1.807, 2.05) is 32.0 Å². The van der Waals surface area contributed by atoms with E-state index in [0.29, 0.717) is 11.3 Å². The maximum absolute atomic E-state index is 12.3. The molecule has 1 fully saturated rings. The monoisotopic (exact) mass is 388 g/mol. The van der Waals surface area contributed by atoms with Gasteiger partial charge in [-0.3, -0.25) is 4.79 Å². The first kappa shape index (κ1) is 19.4. The van der Waals surface area contributed by atoms with Crippen molar-refractivity contribution in [2.75, 3.05) is 11.9 Å². The van der Waals surface area contributed by atoms with Crippen LogP contribution in [0, 0.1) is 20.8 Å². The van der Waals surface area contributed by atoms with Gasteiger partial charge in [-0.2, -0.15) is 0 Å². The van der Waals surface area contributed by atoms with E-state index in [1.165, 1.54) is 6.07 Å². The van der Waals surface area contributed by atoms with Crippen molar-refractivity contribution in [3.8, 4) is 5.75 Å². The molecule has 6 nitrogen and oxygen atoms in total. The van der Waals surface area contributed by atoms with Gasteiger partial charge in [-0.05, 0) is 80.6 Å². The normalized spacial score (nSPS) is 14.0. The first-order valence-corrected chi connectivity index (χ1v) is 10.4. The van der Waals surface area contributed by atoms with Crippen molar-refractivity contribution in [2.45, 2.75) is 44.6 Å². The highest BCUT2D eigenvalue weighted by molar-refractivity contribution is 7.89. The van der Waals surface area contributed by atoms with Crippen molar-refractivity contribution in [1.82, 2.24) is 4.72 Å². The fourth-order valence-corrected chi connectivity index (χ4v) is 4.22. The van der Waals surface area contributed by atoms with Crippen molar-refractivity contribution in [1.29, 1.82) is 0 Å². The second-order valence-electron chi connectivity index (χ2n) is 7.04. The van der Waals surface area contributed by atoms with E-state index in [0.717, 1.165) is 29.7 Å². The predicted molar refractivity (Wildman–Crippen MR) is 105 cm³/mol. The van der Waals surface area contributed by atoms with Gasteiger partial charge in [0.1, 0.15) is 5.75 Å². The van der Waals surface area contributed by atoms with Gasteiger partial charge in [0.25, 0.3) is 5.91 Å². The van der Waals surface area contributed by atoms with Crippen LogP contribution < -0.4 is 14.8 Å². The van der Waals surface area contributed by atoms with Crippen molar-refractivity contribution >= 4 is 21.6 Å². The SMILES string of the molecule is Cc1cc(C)cc(NC(=O)COc2ccc(S(=O)(=O)NC3CC3)cc2C)c1. The van der Waals surface area contributed by atoms with Crippen LogP contribution in [0.25, 0.3) is 0 Å². The van der Waals surface area contributed by atoms with Crippen molar-refractivity contribution in [3.63, 3.8) is 0 Å². The molecule has 0 radical (unpaired) electrons. The Morgan fingerprint density at radius 1 is 1.07 bits per heavy atom. The minimum Gasteiger partial charge on any atom is -0.483 e. The molecule has 0 aliphatic heterocycles. The summed E-state index contributed by atoms with van der Waals surface area (Å²) in [5.41, 5.74) is 3.52. The van der Waals surface area contributed by atoms with Crippen LogP contribution in [0.2, 0.25) is 0 Å². The number of amides is 1. The van der Waals surface area contributed by atoms with Crippen LogP contribution >= 0.6 is 0 Å². The Labute approximate surface area is 160 Å². The minimum atomic E-state index is -3.50. The average molecular weight is 388 g/mol. The third-order valence-electron chi connectivity index (χ3n) is 4.22. The molecule has 3 rings (SSSR count). The molecule has 2 aromatic rings. The number of rotatable bonds is 7. The predicted octanol–water partition coefficient (Wildman–Crippen LogP) is 3.07. The molecule has 0 bridgehead atoms. The molecule has 2 aromatic carbocycles. The lowest BCUT2D eigenvalue weighted by Crippen LogP contribution is -2.25. The number of carbonyl (C=O) groups is 1. The maximum Gasteiger partial charge on any atom is 0.262 e. The fourth-order valence-electron chi connectivity index (χ4n) is 2.83. The molecule has 1 aliphatic rings. The number of carbonyl (C=O) groups excluding carboxylic acids is 1. The number of benzene rings is 2. The summed E-state index contributed by atoms with van der Waals surface area (Å²) in [6.07, 6.45) is 1.77. The fraction of sp³-hybridized carbons (Fsp3) is 0.350. The minimum absolute atomic E-state index is 0.0557. The van der Waals surface area contributed by atoms with E-state index >= 15 is 0 Å². The summed E-state index contributed by atoms with van der Waals surface area (Å²) >= 11 is 0. The highest BCUT2D eigenvalue weighted by Gasteiger charge is 2.28. The molecule has 0 unspecified atom stereocenters. The first-order chi connectivity index (χ1) is 12.7. The van der Waals surface area contributed by atoms with Crippen LogP contribution in [-0.2, 0) is 14.8 Å². The van der Waals surface area contributed by atoms with E-state index in [2.05, 4.69) is 10.0 Å². The summed E-state index contributed by atoms with van der Waals surface area (Å²) in [6, 6.07) is 10.5. The smallest absolute Gasteiger partial charge is 0.262 e. The number of hydrogen-bond donors (Lipinski definition) is 2. The van der Waals surface area contributed by atoms with Gasteiger partial charge in [0.15, 0.2) is 6.61 Å². The number of hydrogen-bond acceptors (Lipinski definition) is 4. The van der Waals surface area contributed by atoms with Crippen molar-refractivity contribution in [3.05, 3.63) is 53.1 Å². The molecule has 144 valence electrons. The van der Waals surface area contributed by atoms with Gasteiger partial charge in [-0.25, -0.2) is 13.1 Å². The van der Waals surface area contributed by atoms with Crippen LogP contribution in [0.1, 0.15) is 29.5 Å². The van der Waals surface area contributed by atoms with Crippen molar-refractivity contribution < 1.29 is 17.9 Å². The second kappa shape index (κ2) is 7.70. The molecule has 1 aliphatic carbocycles. The zero-order valence-electron chi connectivity index (χ0n) is 15.7. The Hall–Kier alpha value is -2.38. The van der Waals surface area contributed by atoms with E-state index < -0.39 is 10.0 Å². The van der Waals surface area contributed by atoms with Crippen LogP contribution in [-0.4, -0.2) is 27.0 Å². The zero-order chi connectivity index (χ0) is 19.6. The van der Waals surface area contributed by atoms with Gasteiger partial charge in [-0.1, -0.05) is 6.07 Å². The summed E-state index contributed by atoms with van der Waals surface area (Å²) in [4.78, 5) is 12.3. The van der Waals surface area contributed by atoms with Crippen LogP contribution in [0.4, 0.5) is 5.69 Å². The Bertz CT molecular complexity index is 946. The van der Waals surface area contributed by atoms with E-state index in [9.17, 15) is 13.2 Å². The third kappa shape index (κ3) is 5.30. The lowest BCUT2D eigenvalue weighted by atomic mass is 10.1. The van der Waals surface area contributed by atoms with E-state index in [4.69, 9.17) is 4.74 Å². The van der Waals surface area contributed by atoms with Crippen LogP contribution in [0.5, 0.6) is 5.75 Å². The molecular weight excluding hydrogens is 364 g/mol. The molecule has 1 saturated carbocycles. The number of nitrogens with one attached hydrogen (secondary N) is 2. The van der Waals surface area contributed by atoms with Gasteiger partial charge in [0.2, 0.25) is 10.0 Å². The molecule has 0 aromatic heterocycles. The Morgan fingerprint density at radius 3 is 2.33 bits per heavy atom. The van der Waals surface area contributed by atoms with Crippen LogP contribution in [0.3, 0.4) is 0 Å². The molecule has 0 heterocycles. The standard InChI is InChI=1S/C20H24N2O4S/c1-13-8-14(2)10-17(9-13)21-20(23)12-26-19-7-6-18(11-15(19)3)27(24,25)22-16-4-5-16/h6-11,16,22H,4-5,12H2,1-3H3,(H,21,23). The molecule has 0 atom stereocenters. The first-order valence-electron chi connectivity index (χ1n) is 8.87. The number of ether oxygens (including phenoxy) is 1. The lowest BCUT2D eigenvalue weighted by molar-refractivity contribution is -0.118. The van der Waals surface area contributed by atoms with Gasteiger partial charge in [0.05, 0.1) is 4.90 Å². The van der Waals surface area contributed by atoms with E-state index in [1.54, 1.807) is 19.1 Å². The quantitative estimate of drug-likeness (QED) is 0.763. The molecule has 7 heteroatoms. The van der Waals surface area contributed by atoms with Gasteiger partial charge in [-0.15, -0.1) is 0 Å². The van der Waals surface area contributed by atoms with Gasteiger partial charge in [0, 0.05) is 11.7 Å². The summed E-state index contributed by atoms with van der Waals surface area (Å²) in [5.74, 6) is 0.211. The molecular formula is C20H24N2O4S. The summed E-state index contributed by atoms with van der Waals surface area (Å²) in [5, 5.41) is 2.81. The molecule has 2 N–H and O–H groups in total. The lowest BCUT2D eigenvalue weighted by Gasteiger charge is -2.12. The third-order valence-corrected chi connectivity index (χ3v) is 5.74. The molecule has 0 saturated heterocycles. The highest BCUT2D eigenvalue weighted by Crippen LogP contribution is 2.25. The number of aryl methyl sites for hydroxylation is 3. The van der Waals surface area contributed by atoms with Crippen LogP contribution in [0.15, 0.2) is 41.3 Å². The van der Waals surface area contributed by atoms with E-state index in [-0.39, 0.29) is 23.5 Å². The largest absolute Gasteiger partial charge is 0.483 e. The Morgan fingerprint density at radius 2 is 1.74 bits per heavy atom. The molecule has 0 spiro atoms. The Kier molecular flexibility index (Phi) is 5.53. The van der Waals surface area contributed by atoms with Crippen molar-refractivity contribution in [2.24, 2.45) is 0 Å². The second-order valence-corrected chi connectivity index (χ2v) is 8.75. The highest BCUT2D eigenvalue weighted by atomic mass is 32.2. The Balaban J connectivity index is 1.61. The summed E-state index contributed by atoms with van der Waals surface area (Å²) in [6.45, 7) is 5.54. The maximum atomic E-state index is 12.3. The average Bonchev–Trinajstić information content (AvgIpc) is 3.36. The summed E-state index contributed by atoms with van der Waals surface area (Å²) < 4.78 is 32.7. The summed E-state index contributed by atoms with van der Waals surface area (Å²) in [7, 11) is -3.50.